The lowest BCUT2D eigenvalue weighted by molar-refractivity contribution is -0.123. The quantitative estimate of drug-likeness (QED) is 0.667. The van der Waals surface area contributed by atoms with Gasteiger partial charge in [0.05, 0.1) is 12.6 Å². The van der Waals surface area contributed by atoms with Crippen LogP contribution in [0.1, 0.15) is 42.2 Å². The molecule has 1 aromatic heterocycles. The van der Waals surface area contributed by atoms with Crippen LogP contribution in [0.3, 0.4) is 0 Å². The number of thiophene rings is 1. The highest BCUT2D eigenvalue weighted by Crippen LogP contribution is 2.26. The molecule has 0 radical (unpaired) electrons. The van der Waals surface area contributed by atoms with Crippen LogP contribution < -0.4 is 5.32 Å². The zero-order valence-corrected chi connectivity index (χ0v) is 20.0. The van der Waals surface area contributed by atoms with Crippen molar-refractivity contribution in [2.45, 2.75) is 31.7 Å². The zero-order chi connectivity index (χ0) is 22.4. The molecule has 1 N–H and O–H groups in total. The topological polar surface area (TPSA) is 73.0 Å². The number of rotatable bonds is 7. The maximum absolute atomic E-state index is 13.0. The van der Waals surface area contributed by atoms with Crippen molar-refractivity contribution < 1.29 is 13.2 Å². The predicted octanol–water partition coefficient (Wildman–Crippen LogP) is 2.69. The molecular weight excluding hydrogens is 444 g/mol. The van der Waals surface area contributed by atoms with E-state index in [4.69, 9.17) is 0 Å². The van der Waals surface area contributed by atoms with Crippen LogP contribution in [-0.2, 0) is 15.0 Å². The van der Waals surface area contributed by atoms with Crippen molar-refractivity contribution in [3.8, 4) is 0 Å². The summed E-state index contributed by atoms with van der Waals surface area (Å²) in [7, 11) is -3.40. The van der Waals surface area contributed by atoms with Crippen LogP contribution >= 0.6 is 11.3 Å². The number of nitrogens with zero attached hydrogens (tertiary/aromatic N) is 3. The fraction of sp³-hybridized carbons (Fsp3) is 0.522. The van der Waals surface area contributed by atoms with Crippen molar-refractivity contribution in [3.05, 3.63) is 58.3 Å². The van der Waals surface area contributed by atoms with Gasteiger partial charge in [-0.1, -0.05) is 49.2 Å². The maximum atomic E-state index is 13.0. The van der Waals surface area contributed by atoms with E-state index in [1.54, 1.807) is 19.9 Å². The summed E-state index contributed by atoms with van der Waals surface area (Å²) in [5.41, 5.74) is 1.05. The monoisotopic (exact) mass is 476 g/mol. The molecule has 32 heavy (non-hydrogen) atoms. The molecule has 0 saturated carbocycles. The summed E-state index contributed by atoms with van der Waals surface area (Å²) in [6, 6.07) is 13.8. The van der Waals surface area contributed by atoms with E-state index < -0.39 is 10.2 Å². The van der Waals surface area contributed by atoms with Crippen molar-refractivity contribution in [2.24, 2.45) is 0 Å². The van der Waals surface area contributed by atoms with E-state index >= 15 is 0 Å². The van der Waals surface area contributed by atoms with Gasteiger partial charge in [-0.05, 0) is 29.9 Å². The molecule has 4 rings (SSSR count). The number of amides is 1. The van der Waals surface area contributed by atoms with Gasteiger partial charge in [-0.3, -0.25) is 9.69 Å². The molecule has 0 spiro atoms. The Morgan fingerprint density at radius 3 is 2.16 bits per heavy atom. The molecule has 2 aromatic rings. The Morgan fingerprint density at radius 1 is 0.875 bits per heavy atom. The molecule has 3 heterocycles. The first-order valence-corrected chi connectivity index (χ1v) is 13.7. The summed E-state index contributed by atoms with van der Waals surface area (Å²) < 4.78 is 29.3. The van der Waals surface area contributed by atoms with Crippen LogP contribution in [0.15, 0.2) is 47.8 Å². The van der Waals surface area contributed by atoms with E-state index in [1.165, 1.54) is 0 Å². The number of benzene rings is 1. The molecule has 174 valence electrons. The van der Waals surface area contributed by atoms with Gasteiger partial charge in [0.15, 0.2) is 0 Å². The van der Waals surface area contributed by atoms with Crippen molar-refractivity contribution >= 4 is 27.5 Å². The Bertz CT molecular complexity index is 950. The SMILES string of the molecule is O=C(CN1CCN(S(=O)(=O)N2CCCCCC2)CC1)NC(c1ccccc1)c1cccs1. The molecule has 9 heteroatoms. The minimum atomic E-state index is -3.40. The smallest absolute Gasteiger partial charge is 0.282 e. The third-order valence-electron chi connectivity index (χ3n) is 6.18. The second-order valence-corrected chi connectivity index (χ2v) is 11.3. The van der Waals surface area contributed by atoms with Gasteiger partial charge >= 0.3 is 0 Å². The second kappa shape index (κ2) is 10.9. The lowest BCUT2D eigenvalue weighted by Crippen LogP contribution is -2.54. The molecule has 2 saturated heterocycles. The molecule has 0 bridgehead atoms. The highest BCUT2D eigenvalue weighted by atomic mass is 32.2. The van der Waals surface area contributed by atoms with E-state index in [0.717, 1.165) is 36.1 Å². The third kappa shape index (κ3) is 5.77. The zero-order valence-electron chi connectivity index (χ0n) is 18.4. The average molecular weight is 477 g/mol. The summed E-state index contributed by atoms with van der Waals surface area (Å²) in [5.74, 6) is -0.0453. The normalized spacial score (nSPS) is 20.5. The highest BCUT2D eigenvalue weighted by Gasteiger charge is 2.33. The lowest BCUT2D eigenvalue weighted by atomic mass is 10.1. The molecule has 7 nitrogen and oxygen atoms in total. The number of piperazine rings is 1. The van der Waals surface area contributed by atoms with Gasteiger partial charge in [0.1, 0.15) is 0 Å². The van der Waals surface area contributed by atoms with Crippen LogP contribution in [0.4, 0.5) is 0 Å². The van der Waals surface area contributed by atoms with E-state index in [0.29, 0.717) is 39.3 Å². The van der Waals surface area contributed by atoms with Crippen molar-refractivity contribution in [2.75, 3.05) is 45.8 Å². The number of carbonyl (C=O) groups excluding carboxylic acids is 1. The fourth-order valence-corrected chi connectivity index (χ4v) is 6.86. The first-order chi connectivity index (χ1) is 15.5. The summed E-state index contributed by atoms with van der Waals surface area (Å²) in [6.45, 7) is 3.50. The van der Waals surface area contributed by atoms with E-state index in [2.05, 4.69) is 5.32 Å². The molecular formula is C23H32N4O3S2. The fourth-order valence-electron chi connectivity index (χ4n) is 4.38. The predicted molar refractivity (Wildman–Crippen MR) is 128 cm³/mol. The Hall–Kier alpha value is -1.78. The van der Waals surface area contributed by atoms with Gasteiger partial charge in [-0.25, -0.2) is 0 Å². The van der Waals surface area contributed by atoms with Crippen LogP contribution in [-0.4, -0.2) is 73.6 Å². The largest absolute Gasteiger partial charge is 0.343 e. The average Bonchev–Trinajstić information content (AvgIpc) is 3.19. The minimum absolute atomic E-state index is 0.0453. The second-order valence-electron chi connectivity index (χ2n) is 8.42. The Kier molecular flexibility index (Phi) is 7.96. The van der Waals surface area contributed by atoms with Crippen LogP contribution in [0, 0.1) is 0 Å². The van der Waals surface area contributed by atoms with Crippen LogP contribution in [0.5, 0.6) is 0 Å². The Labute approximate surface area is 195 Å². The van der Waals surface area contributed by atoms with Gasteiger partial charge < -0.3 is 5.32 Å². The van der Waals surface area contributed by atoms with Crippen LogP contribution in [0.25, 0.3) is 0 Å². The van der Waals surface area contributed by atoms with E-state index in [-0.39, 0.29) is 18.5 Å². The summed E-state index contributed by atoms with van der Waals surface area (Å²) in [6.07, 6.45) is 4.08. The van der Waals surface area contributed by atoms with Gasteiger partial charge in [-0.15, -0.1) is 11.3 Å². The van der Waals surface area contributed by atoms with Gasteiger partial charge in [0.25, 0.3) is 10.2 Å². The third-order valence-corrected chi connectivity index (χ3v) is 9.15. The van der Waals surface area contributed by atoms with Crippen LogP contribution in [0.2, 0.25) is 0 Å². The number of nitrogens with one attached hydrogen (secondary N) is 1. The van der Waals surface area contributed by atoms with Gasteiger partial charge in [0, 0.05) is 44.1 Å². The molecule has 1 amide bonds. The minimum Gasteiger partial charge on any atom is -0.343 e. The lowest BCUT2D eigenvalue weighted by Gasteiger charge is -2.36. The summed E-state index contributed by atoms with van der Waals surface area (Å²) in [4.78, 5) is 16.0. The first kappa shape index (κ1) is 23.4. The van der Waals surface area contributed by atoms with E-state index in [1.807, 2.05) is 52.7 Å². The number of hydrogen-bond donors (Lipinski definition) is 1. The van der Waals surface area contributed by atoms with Gasteiger partial charge in [0.2, 0.25) is 5.91 Å². The molecule has 1 aromatic carbocycles. The number of hydrogen-bond acceptors (Lipinski definition) is 5. The molecule has 2 aliphatic heterocycles. The van der Waals surface area contributed by atoms with E-state index in [9.17, 15) is 13.2 Å². The summed E-state index contributed by atoms with van der Waals surface area (Å²) >= 11 is 1.63. The van der Waals surface area contributed by atoms with Crippen molar-refractivity contribution in [3.63, 3.8) is 0 Å². The first-order valence-electron chi connectivity index (χ1n) is 11.4. The Morgan fingerprint density at radius 2 is 1.53 bits per heavy atom. The highest BCUT2D eigenvalue weighted by molar-refractivity contribution is 7.86. The maximum Gasteiger partial charge on any atom is 0.282 e. The molecule has 0 aliphatic carbocycles. The van der Waals surface area contributed by atoms with Gasteiger partial charge in [-0.2, -0.15) is 17.0 Å². The molecule has 2 aliphatic rings. The molecule has 2 fully saturated rings. The Balaban J connectivity index is 1.32. The number of carbonyl (C=O) groups is 1. The van der Waals surface area contributed by atoms with Crippen molar-refractivity contribution in [1.82, 2.24) is 18.8 Å². The van der Waals surface area contributed by atoms with Crippen molar-refractivity contribution in [1.29, 1.82) is 0 Å². The molecule has 1 unspecified atom stereocenters. The standard InChI is InChI=1S/C23H32N4O3S2/c28-22(24-23(21-11-8-18-31-21)20-9-4-3-5-10-20)19-25-14-16-27(17-15-25)32(29,30)26-12-6-1-2-7-13-26/h3-5,8-11,18,23H,1-2,6-7,12-17,19H2,(H,24,28). The summed E-state index contributed by atoms with van der Waals surface area (Å²) in [5, 5.41) is 5.19. The molecule has 1 atom stereocenters.